The second-order valence-electron chi connectivity index (χ2n) is 6.97. The smallest absolute Gasteiger partial charge is 0.0961 e. The van der Waals surface area contributed by atoms with Gasteiger partial charge < -0.3 is 10.2 Å². The summed E-state index contributed by atoms with van der Waals surface area (Å²) in [5.41, 5.74) is -1.67. The van der Waals surface area contributed by atoms with E-state index in [-0.39, 0.29) is 5.92 Å². The van der Waals surface area contributed by atoms with E-state index in [0.717, 1.165) is 44.4 Å². The van der Waals surface area contributed by atoms with E-state index in [2.05, 4.69) is 20.8 Å². The van der Waals surface area contributed by atoms with E-state index in [9.17, 15) is 10.2 Å². The van der Waals surface area contributed by atoms with Crippen molar-refractivity contribution in [2.24, 2.45) is 17.8 Å². The largest absolute Gasteiger partial charge is 0.387 e. The summed E-state index contributed by atoms with van der Waals surface area (Å²) in [5.74, 6) is 1.50. The van der Waals surface area contributed by atoms with Crippen molar-refractivity contribution in [1.82, 2.24) is 0 Å². The highest BCUT2D eigenvalue weighted by molar-refractivity contribution is 5.07. The Morgan fingerprint density at radius 2 is 1.61 bits per heavy atom. The van der Waals surface area contributed by atoms with Gasteiger partial charge in [-0.2, -0.15) is 0 Å². The Hall–Kier alpha value is -0.0800. The zero-order chi connectivity index (χ0) is 13.4. The minimum absolute atomic E-state index is 0.217. The van der Waals surface area contributed by atoms with Crippen molar-refractivity contribution in [3.05, 3.63) is 0 Å². The molecule has 0 heterocycles. The highest BCUT2D eigenvalue weighted by atomic mass is 16.4. The monoisotopic (exact) mass is 254 g/mol. The third-order valence-corrected chi connectivity index (χ3v) is 6.14. The average molecular weight is 254 g/mol. The van der Waals surface area contributed by atoms with Gasteiger partial charge in [0.25, 0.3) is 0 Å². The van der Waals surface area contributed by atoms with Crippen LogP contribution in [0.4, 0.5) is 0 Å². The Morgan fingerprint density at radius 1 is 1.00 bits per heavy atom. The second kappa shape index (κ2) is 5.13. The summed E-state index contributed by atoms with van der Waals surface area (Å²) in [6.45, 7) is 6.58. The Balaban J connectivity index is 2.13. The van der Waals surface area contributed by atoms with Gasteiger partial charge in [0.1, 0.15) is 0 Å². The SMILES string of the molecule is CCC1CCC(O)(C2(O)CCCC(C)C2C)CC1. The van der Waals surface area contributed by atoms with E-state index in [4.69, 9.17) is 0 Å². The molecular formula is C16H30O2. The summed E-state index contributed by atoms with van der Waals surface area (Å²) >= 11 is 0. The van der Waals surface area contributed by atoms with Crippen molar-refractivity contribution in [3.63, 3.8) is 0 Å². The molecule has 0 spiro atoms. The molecule has 0 radical (unpaired) electrons. The van der Waals surface area contributed by atoms with E-state index < -0.39 is 11.2 Å². The van der Waals surface area contributed by atoms with Gasteiger partial charge in [-0.05, 0) is 49.9 Å². The van der Waals surface area contributed by atoms with Gasteiger partial charge in [0.15, 0.2) is 0 Å². The molecule has 2 saturated carbocycles. The summed E-state index contributed by atoms with van der Waals surface area (Å²) in [4.78, 5) is 0. The molecule has 18 heavy (non-hydrogen) atoms. The van der Waals surface area contributed by atoms with Gasteiger partial charge in [0.05, 0.1) is 11.2 Å². The molecule has 2 aliphatic rings. The maximum Gasteiger partial charge on any atom is 0.0961 e. The second-order valence-corrected chi connectivity index (χ2v) is 6.97. The third-order valence-electron chi connectivity index (χ3n) is 6.14. The van der Waals surface area contributed by atoms with Crippen LogP contribution >= 0.6 is 0 Å². The standard InChI is InChI=1S/C16H30O2/c1-4-14-7-10-15(17,11-8-14)16(18)9-5-6-12(2)13(16)3/h12-14,17-18H,4-11H2,1-3H3. The quantitative estimate of drug-likeness (QED) is 0.791. The first-order chi connectivity index (χ1) is 8.43. The lowest BCUT2D eigenvalue weighted by Crippen LogP contribution is -2.62. The number of aliphatic hydroxyl groups is 2. The molecule has 0 aromatic heterocycles. The van der Waals surface area contributed by atoms with E-state index in [1.165, 1.54) is 12.8 Å². The Bertz CT molecular complexity index is 281. The van der Waals surface area contributed by atoms with Gasteiger partial charge in [0, 0.05) is 0 Å². The van der Waals surface area contributed by atoms with Crippen molar-refractivity contribution in [2.75, 3.05) is 0 Å². The minimum atomic E-state index is -0.844. The zero-order valence-electron chi connectivity index (χ0n) is 12.3. The molecule has 2 N–H and O–H groups in total. The fourth-order valence-electron chi connectivity index (χ4n) is 4.29. The van der Waals surface area contributed by atoms with Gasteiger partial charge in [-0.15, -0.1) is 0 Å². The van der Waals surface area contributed by atoms with Crippen LogP contribution in [-0.2, 0) is 0 Å². The van der Waals surface area contributed by atoms with Crippen LogP contribution in [-0.4, -0.2) is 21.4 Å². The van der Waals surface area contributed by atoms with E-state index >= 15 is 0 Å². The lowest BCUT2D eigenvalue weighted by molar-refractivity contribution is -0.217. The van der Waals surface area contributed by atoms with Crippen LogP contribution in [0.15, 0.2) is 0 Å². The molecule has 0 saturated heterocycles. The van der Waals surface area contributed by atoms with Crippen molar-refractivity contribution < 1.29 is 10.2 Å². The van der Waals surface area contributed by atoms with Gasteiger partial charge in [-0.3, -0.25) is 0 Å². The molecule has 0 bridgehead atoms. The maximum atomic E-state index is 11.1. The molecule has 2 heteroatoms. The maximum absolute atomic E-state index is 11.1. The summed E-state index contributed by atoms with van der Waals surface area (Å²) < 4.78 is 0. The first-order valence-corrected chi connectivity index (χ1v) is 7.87. The molecule has 3 unspecified atom stereocenters. The molecule has 0 aliphatic heterocycles. The van der Waals surface area contributed by atoms with Gasteiger partial charge in [-0.25, -0.2) is 0 Å². The molecule has 2 aliphatic carbocycles. The van der Waals surface area contributed by atoms with Crippen LogP contribution in [0.3, 0.4) is 0 Å². The fourth-order valence-corrected chi connectivity index (χ4v) is 4.29. The first-order valence-electron chi connectivity index (χ1n) is 7.87. The topological polar surface area (TPSA) is 40.5 Å². The summed E-state index contributed by atoms with van der Waals surface area (Å²) in [6, 6.07) is 0. The molecule has 106 valence electrons. The Labute approximate surface area is 112 Å². The van der Waals surface area contributed by atoms with Crippen LogP contribution in [0, 0.1) is 17.8 Å². The number of rotatable bonds is 2. The van der Waals surface area contributed by atoms with Crippen LogP contribution < -0.4 is 0 Å². The fraction of sp³-hybridized carbons (Fsp3) is 1.00. The number of hydrogen-bond acceptors (Lipinski definition) is 2. The van der Waals surface area contributed by atoms with Crippen LogP contribution in [0.5, 0.6) is 0 Å². The molecule has 2 nitrogen and oxygen atoms in total. The van der Waals surface area contributed by atoms with Crippen molar-refractivity contribution in [2.45, 2.75) is 83.3 Å². The predicted molar refractivity (Wildman–Crippen MR) is 74.3 cm³/mol. The minimum Gasteiger partial charge on any atom is -0.387 e. The molecule has 0 aromatic carbocycles. The van der Waals surface area contributed by atoms with Crippen LogP contribution in [0.25, 0.3) is 0 Å². The van der Waals surface area contributed by atoms with E-state index in [1.54, 1.807) is 0 Å². The van der Waals surface area contributed by atoms with E-state index in [0.29, 0.717) is 5.92 Å². The van der Waals surface area contributed by atoms with Crippen molar-refractivity contribution in [3.8, 4) is 0 Å². The van der Waals surface area contributed by atoms with Crippen LogP contribution in [0.1, 0.15) is 72.1 Å². The molecule has 2 rings (SSSR count). The summed E-state index contributed by atoms with van der Waals surface area (Å²) in [6.07, 6.45) is 7.98. The Morgan fingerprint density at radius 3 is 2.17 bits per heavy atom. The van der Waals surface area contributed by atoms with Crippen LogP contribution in [0.2, 0.25) is 0 Å². The first kappa shape index (κ1) is 14.3. The summed E-state index contributed by atoms with van der Waals surface area (Å²) in [5, 5.41) is 22.1. The van der Waals surface area contributed by atoms with Gasteiger partial charge >= 0.3 is 0 Å². The molecule has 0 aromatic rings. The third kappa shape index (κ3) is 2.22. The average Bonchev–Trinajstić information content (AvgIpc) is 2.37. The lowest BCUT2D eigenvalue weighted by Gasteiger charge is -2.54. The highest BCUT2D eigenvalue weighted by Crippen LogP contribution is 2.50. The lowest BCUT2D eigenvalue weighted by atomic mass is 9.58. The predicted octanol–water partition coefficient (Wildman–Crippen LogP) is 3.50. The van der Waals surface area contributed by atoms with Gasteiger partial charge in [-0.1, -0.05) is 40.0 Å². The Kier molecular flexibility index (Phi) is 4.08. The zero-order valence-corrected chi connectivity index (χ0v) is 12.3. The van der Waals surface area contributed by atoms with Crippen molar-refractivity contribution in [1.29, 1.82) is 0 Å². The summed E-state index contributed by atoms with van der Waals surface area (Å²) in [7, 11) is 0. The molecule has 0 amide bonds. The number of hydrogen-bond donors (Lipinski definition) is 2. The molecular weight excluding hydrogens is 224 g/mol. The molecule has 2 fully saturated rings. The highest BCUT2D eigenvalue weighted by Gasteiger charge is 2.55. The molecule has 3 atom stereocenters. The normalized spacial score (nSPS) is 50.2. The van der Waals surface area contributed by atoms with Gasteiger partial charge in [0.2, 0.25) is 0 Å². The van der Waals surface area contributed by atoms with Crippen molar-refractivity contribution >= 4 is 0 Å². The van der Waals surface area contributed by atoms with E-state index in [1.807, 2.05) is 0 Å².